The number of primary amides is 1. The van der Waals surface area contributed by atoms with E-state index < -0.39 is 5.91 Å². The van der Waals surface area contributed by atoms with Gasteiger partial charge in [-0.3, -0.25) is 4.79 Å². The molecule has 1 aromatic carbocycles. The van der Waals surface area contributed by atoms with Crippen molar-refractivity contribution in [1.82, 2.24) is 14.5 Å². The van der Waals surface area contributed by atoms with Gasteiger partial charge in [0.05, 0.1) is 19.0 Å². The molecule has 26 heavy (non-hydrogen) atoms. The number of benzene rings is 1. The average molecular weight is 352 g/mol. The molecule has 2 aromatic heterocycles. The van der Waals surface area contributed by atoms with Gasteiger partial charge in [-0.2, -0.15) is 0 Å². The van der Waals surface area contributed by atoms with E-state index in [0.29, 0.717) is 5.56 Å². The van der Waals surface area contributed by atoms with Crippen LogP contribution in [-0.2, 0) is 13.0 Å². The van der Waals surface area contributed by atoms with Crippen molar-refractivity contribution in [3.05, 3.63) is 58.9 Å². The Morgan fingerprint density at radius 3 is 2.62 bits per heavy atom. The first-order valence-corrected chi connectivity index (χ1v) is 8.55. The highest BCUT2D eigenvalue weighted by Gasteiger charge is 2.23. The summed E-state index contributed by atoms with van der Waals surface area (Å²) in [5, 5.41) is 0. The van der Waals surface area contributed by atoms with Gasteiger partial charge in [0.25, 0.3) is 5.91 Å². The van der Waals surface area contributed by atoms with Gasteiger partial charge in [-0.1, -0.05) is 6.07 Å². The number of carbonyl (C=O) groups is 1. The molecule has 0 fully saturated rings. The van der Waals surface area contributed by atoms with Crippen LogP contribution in [0, 0.1) is 20.8 Å². The molecule has 0 saturated carbocycles. The lowest BCUT2D eigenvalue weighted by Gasteiger charge is -2.10. The topological polar surface area (TPSA) is 85.9 Å². The first-order valence-electron chi connectivity index (χ1n) is 8.55. The van der Waals surface area contributed by atoms with E-state index >= 15 is 0 Å². The van der Waals surface area contributed by atoms with Gasteiger partial charge in [-0.25, -0.2) is 4.98 Å². The third-order valence-electron chi connectivity index (χ3n) is 4.87. The molecule has 3 rings (SSSR count). The second kappa shape index (κ2) is 7.07. The van der Waals surface area contributed by atoms with Crippen LogP contribution in [0.5, 0.6) is 5.75 Å². The molecule has 136 valence electrons. The third kappa shape index (κ3) is 3.10. The molecular weight excluding hydrogens is 328 g/mol. The minimum atomic E-state index is -0.408. The van der Waals surface area contributed by atoms with Crippen LogP contribution in [0.1, 0.15) is 33.0 Å². The first-order chi connectivity index (χ1) is 12.4. The third-order valence-corrected chi connectivity index (χ3v) is 4.87. The molecule has 3 aromatic rings. The second-order valence-corrected chi connectivity index (χ2v) is 6.45. The Labute approximate surface area is 153 Å². The van der Waals surface area contributed by atoms with E-state index in [1.54, 1.807) is 13.4 Å². The predicted molar refractivity (Wildman–Crippen MR) is 101 cm³/mol. The number of nitrogens with one attached hydrogen (secondary N) is 1. The van der Waals surface area contributed by atoms with Crippen molar-refractivity contribution in [3.63, 3.8) is 0 Å². The number of aryl methyl sites for hydroxylation is 2. The number of methoxy groups -OCH3 is 1. The van der Waals surface area contributed by atoms with Crippen molar-refractivity contribution in [2.75, 3.05) is 7.11 Å². The largest absolute Gasteiger partial charge is 0.496 e. The molecule has 0 radical (unpaired) electrons. The number of hydrogen-bond acceptors (Lipinski definition) is 3. The van der Waals surface area contributed by atoms with Crippen molar-refractivity contribution in [3.8, 4) is 16.9 Å². The summed E-state index contributed by atoms with van der Waals surface area (Å²) in [6, 6.07) is 5.93. The summed E-state index contributed by atoms with van der Waals surface area (Å²) >= 11 is 0. The zero-order valence-electron chi connectivity index (χ0n) is 15.6. The highest BCUT2D eigenvalue weighted by Crippen LogP contribution is 2.34. The van der Waals surface area contributed by atoms with Crippen LogP contribution in [0.4, 0.5) is 0 Å². The maximum absolute atomic E-state index is 12.2. The number of imidazole rings is 1. The van der Waals surface area contributed by atoms with Gasteiger partial charge >= 0.3 is 0 Å². The van der Waals surface area contributed by atoms with E-state index in [-0.39, 0.29) is 0 Å². The molecular formula is C20H24N4O2. The van der Waals surface area contributed by atoms with Crippen molar-refractivity contribution in [2.45, 2.75) is 33.7 Å². The molecule has 0 bridgehead atoms. The molecule has 0 aliphatic carbocycles. The summed E-state index contributed by atoms with van der Waals surface area (Å²) in [4.78, 5) is 19.4. The number of hydrogen-bond donors (Lipinski definition) is 2. The number of aromatic nitrogens is 3. The average Bonchev–Trinajstić information content (AvgIpc) is 3.20. The molecule has 3 N–H and O–H groups in total. The monoisotopic (exact) mass is 352 g/mol. The quantitative estimate of drug-likeness (QED) is 0.714. The molecule has 0 spiro atoms. The fourth-order valence-electron chi connectivity index (χ4n) is 3.56. The van der Waals surface area contributed by atoms with Crippen LogP contribution in [0.25, 0.3) is 11.1 Å². The highest BCUT2D eigenvalue weighted by molar-refractivity contribution is 6.02. The zero-order valence-corrected chi connectivity index (χ0v) is 15.6. The Morgan fingerprint density at radius 1 is 1.27 bits per heavy atom. The molecule has 1 amide bonds. The standard InChI is InChI=1S/C20H24N4O2/c1-12-9-15(5-6-17(12)26-4)18-13(2)24(14(3)19(18)20(21)25)8-7-16-10-22-11-23-16/h5-6,9-11H,7-8H2,1-4H3,(H2,21,25)(H,22,23). The number of amides is 1. The summed E-state index contributed by atoms with van der Waals surface area (Å²) in [6.45, 7) is 6.71. The summed E-state index contributed by atoms with van der Waals surface area (Å²) < 4.78 is 7.50. The lowest BCUT2D eigenvalue weighted by molar-refractivity contribution is 0.1000. The second-order valence-electron chi connectivity index (χ2n) is 6.45. The van der Waals surface area contributed by atoms with Crippen LogP contribution in [0.3, 0.4) is 0 Å². The van der Waals surface area contributed by atoms with Gasteiger partial charge < -0.3 is 20.0 Å². The van der Waals surface area contributed by atoms with Gasteiger partial charge in [-0.15, -0.1) is 0 Å². The van der Waals surface area contributed by atoms with E-state index in [4.69, 9.17) is 10.5 Å². The Morgan fingerprint density at radius 2 is 2.04 bits per heavy atom. The van der Waals surface area contributed by atoms with E-state index in [0.717, 1.165) is 52.5 Å². The Bertz CT molecular complexity index is 939. The normalized spacial score (nSPS) is 10.9. The Hall–Kier alpha value is -3.02. The predicted octanol–water partition coefficient (Wildman–Crippen LogP) is 3.15. The molecule has 0 atom stereocenters. The van der Waals surface area contributed by atoms with Gasteiger partial charge in [-0.05, 0) is 44.0 Å². The molecule has 6 nitrogen and oxygen atoms in total. The molecule has 0 aliphatic rings. The number of nitrogens with two attached hydrogens (primary N) is 1. The summed E-state index contributed by atoms with van der Waals surface area (Å²) in [5.41, 5.74) is 12.2. The lowest BCUT2D eigenvalue weighted by Crippen LogP contribution is -2.14. The van der Waals surface area contributed by atoms with E-state index in [1.165, 1.54) is 0 Å². The molecule has 0 unspecified atom stereocenters. The number of rotatable bonds is 6. The molecule has 0 saturated heterocycles. The van der Waals surface area contributed by atoms with Crippen molar-refractivity contribution < 1.29 is 9.53 Å². The number of aromatic amines is 1. The Kier molecular flexibility index (Phi) is 4.84. The van der Waals surface area contributed by atoms with E-state index in [9.17, 15) is 4.79 Å². The van der Waals surface area contributed by atoms with E-state index in [2.05, 4.69) is 14.5 Å². The van der Waals surface area contributed by atoms with Crippen molar-refractivity contribution in [2.24, 2.45) is 5.73 Å². The van der Waals surface area contributed by atoms with Crippen LogP contribution in [-0.4, -0.2) is 27.6 Å². The van der Waals surface area contributed by atoms with E-state index in [1.807, 2.05) is 45.2 Å². The maximum atomic E-state index is 12.2. The molecule has 6 heteroatoms. The van der Waals surface area contributed by atoms with Crippen molar-refractivity contribution in [1.29, 1.82) is 0 Å². The van der Waals surface area contributed by atoms with Gasteiger partial charge in [0.2, 0.25) is 0 Å². The van der Waals surface area contributed by atoms with Gasteiger partial charge in [0.15, 0.2) is 0 Å². The number of H-pyrrole nitrogens is 1. The maximum Gasteiger partial charge on any atom is 0.251 e. The minimum absolute atomic E-state index is 0.408. The number of carbonyl (C=O) groups excluding carboxylic acids is 1. The lowest BCUT2D eigenvalue weighted by atomic mass is 9.98. The summed E-state index contributed by atoms with van der Waals surface area (Å²) in [5.74, 6) is 0.414. The smallest absolute Gasteiger partial charge is 0.251 e. The van der Waals surface area contributed by atoms with Gasteiger partial charge in [0.1, 0.15) is 5.75 Å². The van der Waals surface area contributed by atoms with Crippen LogP contribution in [0.2, 0.25) is 0 Å². The van der Waals surface area contributed by atoms with Gasteiger partial charge in [0, 0.05) is 41.8 Å². The zero-order chi connectivity index (χ0) is 18.8. The molecule has 0 aliphatic heterocycles. The van der Waals surface area contributed by atoms with Crippen LogP contribution in [0.15, 0.2) is 30.7 Å². The first kappa shape index (κ1) is 17.8. The number of nitrogens with zero attached hydrogens (tertiary/aromatic N) is 2. The fraction of sp³-hybridized carbons (Fsp3) is 0.300. The SMILES string of the molecule is COc1ccc(-c2c(C(N)=O)c(C)n(CCc3cnc[nH]3)c2C)cc1C. The van der Waals surface area contributed by atoms with Crippen molar-refractivity contribution >= 4 is 5.91 Å². The number of ether oxygens (including phenoxy) is 1. The van der Waals surface area contributed by atoms with Crippen LogP contribution < -0.4 is 10.5 Å². The van der Waals surface area contributed by atoms with Crippen LogP contribution >= 0.6 is 0 Å². The Balaban J connectivity index is 2.08. The molecule has 2 heterocycles. The summed E-state index contributed by atoms with van der Waals surface area (Å²) in [6.07, 6.45) is 4.29. The fourth-order valence-corrected chi connectivity index (χ4v) is 3.56. The minimum Gasteiger partial charge on any atom is -0.496 e. The summed E-state index contributed by atoms with van der Waals surface area (Å²) in [7, 11) is 1.65. The highest BCUT2D eigenvalue weighted by atomic mass is 16.5.